The van der Waals surface area contributed by atoms with Gasteiger partial charge in [0.05, 0.1) is 18.8 Å². The second kappa shape index (κ2) is 4.27. The molecule has 0 aromatic carbocycles. The Labute approximate surface area is 87.8 Å². The summed E-state index contributed by atoms with van der Waals surface area (Å²) in [5.41, 5.74) is 6.65. The Morgan fingerprint density at radius 1 is 1.47 bits per heavy atom. The van der Waals surface area contributed by atoms with E-state index in [-0.39, 0.29) is 5.91 Å². The first kappa shape index (κ1) is 9.92. The standard InChI is InChI=1S/C10H13N3O2/c11-9-1-2-12-7-8(9)10(14)13-3-5-15-6-4-13/h1-2,7H,3-6H2,(H2,11,12). The lowest BCUT2D eigenvalue weighted by molar-refractivity contribution is 0.0303. The first-order valence-electron chi connectivity index (χ1n) is 4.85. The molecule has 2 N–H and O–H groups in total. The fourth-order valence-corrected chi connectivity index (χ4v) is 1.52. The maximum absolute atomic E-state index is 12.0. The fraction of sp³-hybridized carbons (Fsp3) is 0.400. The number of nitrogen functional groups attached to an aromatic ring is 1. The van der Waals surface area contributed by atoms with Crippen molar-refractivity contribution < 1.29 is 9.53 Å². The van der Waals surface area contributed by atoms with E-state index in [0.29, 0.717) is 37.6 Å². The highest BCUT2D eigenvalue weighted by molar-refractivity contribution is 5.98. The molecule has 80 valence electrons. The van der Waals surface area contributed by atoms with Crippen molar-refractivity contribution in [2.24, 2.45) is 0 Å². The molecule has 0 unspecified atom stereocenters. The number of carbonyl (C=O) groups is 1. The topological polar surface area (TPSA) is 68.5 Å². The van der Waals surface area contributed by atoms with Crippen molar-refractivity contribution >= 4 is 11.6 Å². The van der Waals surface area contributed by atoms with Crippen LogP contribution in [-0.4, -0.2) is 42.1 Å². The number of hydrogen-bond donors (Lipinski definition) is 1. The highest BCUT2D eigenvalue weighted by atomic mass is 16.5. The molecule has 5 nitrogen and oxygen atoms in total. The Morgan fingerprint density at radius 3 is 2.87 bits per heavy atom. The maximum Gasteiger partial charge on any atom is 0.257 e. The van der Waals surface area contributed by atoms with Crippen LogP contribution in [-0.2, 0) is 4.74 Å². The predicted molar refractivity (Wildman–Crippen MR) is 55.4 cm³/mol. The number of amides is 1. The van der Waals surface area contributed by atoms with E-state index in [1.807, 2.05) is 0 Å². The van der Waals surface area contributed by atoms with Crippen LogP contribution in [0.4, 0.5) is 5.69 Å². The Bertz CT molecular complexity index is 361. The molecule has 1 saturated heterocycles. The largest absolute Gasteiger partial charge is 0.398 e. The second-order valence-electron chi connectivity index (χ2n) is 3.37. The average molecular weight is 207 g/mol. The molecule has 2 heterocycles. The van der Waals surface area contributed by atoms with Gasteiger partial charge in [0.25, 0.3) is 5.91 Å². The number of aromatic nitrogens is 1. The van der Waals surface area contributed by atoms with Gasteiger partial charge in [-0.3, -0.25) is 9.78 Å². The number of nitrogens with two attached hydrogens (primary N) is 1. The van der Waals surface area contributed by atoms with Gasteiger partial charge >= 0.3 is 0 Å². The molecule has 1 aliphatic rings. The summed E-state index contributed by atoms with van der Waals surface area (Å²) in [5, 5.41) is 0. The molecule has 0 radical (unpaired) electrons. The van der Waals surface area contributed by atoms with Crippen molar-refractivity contribution in [1.29, 1.82) is 0 Å². The van der Waals surface area contributed by atoms with Gasteiger partial charge in [0, 0.05) is 31.2 Å². The Kier molecular flexibility index (Phi) is 2.82. The summed E-state index contributed by atoms with van der Waals surface area (Å²) in [7, 11) is 0. The zero-order valence-corrected chi connectivity index (χ0v) is 8.35. The van der Waals surface area contributed by atoms with E-state index in [2.05, 4.69) is 4.98 Å². The van der Waals surface area contributed by atoms with Crippen LogP contribution in [0.25, 0.3) is 0 Å². The van der Waals surface area contributed by atoms with E-state index in [1.54, 1.807) is 17.2 Å². The quantitative estimate of drug-likeness (QED) is 0.711. The monoisotopic (exact) mass is 207 g/mol. The van der Waals surface area contributed by atoms with Crippen LogP contribution in [0.5, 0.6) is 0 Å². The van der Waals surface area contributed by atoms with E-state index in [0.717, 1.165) is 0 Å². The minimum absolute atomic E-state index is 0.0658. The second-order valence-corrected chi connectivity index (χ2v) is 3.37. The molecule has 0 saturated carbocycles. The highest BCUT2D eigenvalue weighted by Crippen LogP contribution is 2.12. The number of pyridine rings is 1. The maximum atomic E-state index is 12.0. The summed E-state index contributed by atoms with van der Waals surface area (Å²) in [6.07, 6.45) is 3.08. The minimum atomic E-state index is -0.0658. The van der Waals surface area contributed by atoms with Crippen molar-refractivity contribution in [3.63, 3.8) is 0 Å². The summed E-state index contributed by atoms with van der Waals surface area (Å²) in [4.78, 5) is 17.6. The summed E-state index contributed by atoms with van der Waals surface area (Å²) in [5.74, 6) is -0.0658. The van der Waals surface area contributed by atoms with Crippen molar-refractivity contribution in [2.45, 2.75) is 0 Å². The lowest BCUT2D eigenvalue weighted by atomic mass is 10.2. The molecule has 1 aromatic rings. The number of rotatable bonds is 1. The SMILES string of the molecule is Nc1ccncc1C(=O)N1CCOCC1. The molecule has 1 fully saturated rings. The zero-order valence-electron chi connectivity index (χ0n) is 8.35. The molecule has 15 heavy (non-hydrogen) atoms. The van der Waals surface area contributed by atoms with E-state index >= 15 is 0 Å². The summed E-state index contributed by atoms with van der Waals surface area (Å²) < 4.78 is 5.18. The van der Waals surface area contributed by atoms with E-state index < -0.39 is 0 Å². The molecule has 1 amide bonds. The number of hydrogen-bond acceptors (Lipinski definition) is 4. The zero-order chi connectivity index (χ0) is 10.7. The Hall–Kier alpha value is -1.62. The van der Waals surface area contributed by atoms with Gasteiger partial charge in [0.15, 0.2) is 0 Å². The van der Waals surface area contributed by atoms with E-state index in [9.17, 15) is 4.79 Å². The normalized spacial score (nSPS) is 16.4. The van der Waals surface area contributed by atoms with Crippen LogP contribution in [0.15, 0.2) is 18.5 Å². The molecule has 2 rings (SSSR count). The van der Waals surface area contributed by atoms with Crippen LogP contribution < -0.4 is 5.73 Å². The molecule has 0 bridgehead atoms. The van der Waals surface area contributed by atoms with Crippen LogP contribution in [0, 0.1) is 0 Å². The molecule has 1 aromatic heterocycles. The first-order chi connectivity index (χ1) is 7.29. The molecule has 1 aliphatic heterocycles. The van der Waals surface area contributed by atoms with Gasteiger partial charge in [-0.1, -0.05) is 0 Å². The first-order valence-corrected chi connectivity index (χ1v) is 4.85. The van der Waals surface area contributed by atoms with Gasteiger partial charge in [-0.15, -0.1) is 0 Å². The average Bonchev–Trinajstić information content (AvgIpc) is 2.30. The van der Waals surface area contributed by atoms with Gasteiger partial charge in [0.2, 0.25) is 0 Å². The number of anilines is 1. The molecule has 0 aliphatic carbocycles. The van der Waals surface area contributed by atoms with Gasteiger partial charge in [-0.05, 0) is 6.07 Å². The van der Waals surface area contributed by atoms with Crippen LogP contribution in [0.1, 0.15) is 10.4 Å². The van der Waals surface area contributed by atoms with Crippen LogP contribution >= 0.6 is 0 Å². The number of nitrogens with zero attached hydrogens (tertiary/aromatic N) is 2. The Balaban J connectivity index is 2.16. The van der Waals surface area contributed by atoms with Crippen molar-refractivity contribution in [3.05, 3.63) is 24.0 Å². The van der Waals surface area contributed by atoms with Crippen LogP contribution in [0.3, 0.4) is 0 Å². The molecular formula is C10H13N3O2. The Morgan fingerprint density at radius 2 is 2.20 bits per heavy atom. The third-order valence-corrected chi connectivity index (χ3v) is 2.38. The van der Waals surface area contributed by atoms with Gasteiger partial charge in [0.1, 0.15) is 0 Å². The lowest BCUT2D eigenvalue weighted by Gasteiger charge is -2.27. The summed E-state index contributed by atoms with van der Waals surface area (Å²) >= 11 is 0. The molecule has 0 atom stereocenters. The van der Waals surface area contributed by atoms with Crippen molar-refractivity contribution in [3.8, 4) is 0 Å². The van der Waals surface area contributed by atoms with Crippen molar-refractivity contribution in [2.75, 3.05) is 32.0 Å². The number of ether oxygens (including phenoxy) is 1. The molecule has 5 heteroatoms. The minimum Gasteiger partial charge on any atom is -0.398 e. The number of morpholine rings is 1. The van der Waals surface area contributed by atoms with Crippen LogP contribution in [0.2, 0.25) is 0 Å². The van der Waals surface area contributed by atoms with E-state index in [4.69, 9.17) is 10.5 Å². The molecule has 0 spiro atoms. The lowest BCUT2D eigenvalue weighted by Crippen LogP contribution is -2.40. The highest BCUT2D eigenvalue weighted by Gasteiger charge is 2.20. The van der Waals surface area contributed by atoms with Crippen molar-refractivity contribution in [1.82, 2.24) is 9.88 Å². The summed E-state index contributed by atoms with van der Waals surface area (Å²) in [6.45, 7) is 2.41. The summed E-state index contributed by atoms with van der Waals surface area (Å²) in [6, 6.07) is 1.63. The van der Waals surface area contributed by atoms with Gasteiger partial charge in [-0.2, -0.15) is 0 Å². The smallest absolute Gasteiger partial charge is 0.257 e. The van der Waals surface area contributed by atoms with E-state index in [1.165, 1.54) is 6.20 Å². The third kappa shape index (κ3) is 2.07. The molecular weight excluding hydrogens is 194 g/mol. The van der Waals surface area contributed by atoms with Gasteiger partial charge in [-0.25, -0.2) is 0 Å². The predicted octanol–water partition coefficient (Wildman–Crippen LogP) is 0.136. The fourth-order valence-electron chi connectivity index (χ4n) is 1.52. The van der Waals surface area contributed by atoms with Gasteiger partial charge < -0.3 is 15.4 Å². The number of carbonyl (C=O) groups excluding carboxylic acids is 1. The third-order valence-electron chi connectivity index (χ3n) is 2.38.